The molecule has 102 valence electrons. The molecule has 1 aromatic rings. The molecular weight excluding hydrogens is 256 g/mol. The molecule has 4 nitrogen and oxygen atoms in total. The molecule has 0 heterocycles. The number of hydrogen-bond acceptors (Lipinski definition) is 2. The lowest BCUT2D eigenvalue weighted by Gasteiger charge is -2.08. The fraction of sp³-hybridized carbons (Fsp3) is 0.385. The van der Waals surface area contributed by atoms with Gasteiger partial charge >= 0.3 is 5.97 Å². The molecule has 0 unspecified atom stereocenters. The fourth-order valence-corrected chi connectivity index (χ4v) is 2.41. The van der Waals surface area contributed by atoms with E-state index in [1.165, 1.54) is 6.07 Å². The minimum Gasteiger partial charge on any atom is -0.481 e. The number of para-hydroxylation sites is 1. The van der Waals surface area contributed by atoms with E-state index in [9.17, 15) is 18.4 Å². The smallest absolute Gasteiger partial charge is 0.307 e. The van der Waals surface area contributed by atoms with Crippen molar-refractivity contribution in [2.24, 2.45) is 17.3 Å². The van der Waals surface area contributed by atoms with E-state index in [2.05, 4.69) is 5.32 Å². The molecule has 1 fully saturated rings. The lowest BCUT2D eigenvalue weighted by atomic mass is 10.1. The number of benzene rings is 1. The van der Waals surface area contributed by atoms with Crippen LogP contribution >= 0.6 is 0 Å². The molecule has 0 spiro atoms. The van der Waals surface area contributed by atoms with Crippen molar-refractivity contribution in [1.82, 2.24) is 0 Å². The summed E-state index contributed by atoms with van der Waals surface area (Å²) in [6, 6.07) is 3.22. The molecule has 1 saturated carbocycles. The first-order chi connectivity index (χ1) is 8.76. The Morgan fingerprint density at radius 2 is 1.74 bits per heavy atom. The summed E-state index contributed by atoms with van der Waals surface area (Å²) in [5.41, 5.74) is -1.25. The van der Waals surface area contributed by atoms with Gasteiger partial charge in [0.2, 0.25) is 5.91 Å². The molecule has 0 aromatic heterocycles. The number of nitrogens with one attached hydrogen (secondary N) is 1. The van der Waals surface area contributed by atoms with Crippen molar-refractivity contribution in [3.05, 3.63) is 29.8 Å². The van der Waals surface area contributed by atoms with E-state index in [-0.39, 0.29) is 0 Å². The van der Waals surface area contributed by atoms with E-state index in [0.29, 0.717) is 0 Å². The maximum atomic E-state index is 13.4. The molecule has 0 saturated heterocycles. The maximum absolute atomic E-state index is 13.4. The van der Waals surface area contributed by atoms with Gasteiger partial charge in [-0.25, -0.2) is 8.78 Å². The molecule has 1 aromatic carbocycles. The number of halogens is 2. The zero-order valence-electron chi connectivity index (χ0n) is 10.4. The average molecular weight is 269 g/mol. The van der Waals surface area contributed by atoms with E-state index in [1.54, 1.807) is 13.8 Å². The highest BCUT2D eigenvalue weighted by molar-refractivity contribution is 5.99. The Morgan fingerprint density at radius 1 is 1.21 bits per heavy atom. The summed E-state index contributed by atoms with van der Waals surface area (Å²) in [7, 11) is 0. The fourth-order valence-electron chi connectivity index (χ4n) is 2.41. The van der Waals surface area contributed by atoms with Crippen LogP contribution in [0.5, 0.6) is 0 Å². The Bertz CT molecular complexity index is 537. The summed E-state index contributed by atoms with van der Waals surface area (Å²) < 4.78 is 26.7. The van der Waals surface area contributed by atoms with Gasteiger partial charge in [-0.15, -0.1) is 0 Å². The number of carboxylic acid groups (broad SMARTS) is 1. The van der Waals surface area contributed by atoms with Gasteiger partial charge in [-0.05, 0) is 17.5 Å². The Labute approximate surface area is 108 Å². The van der Waals surface area contributed by atoms with E-state index < -0.39 is 46.4 Å². The van der Waals surface area contributed by atoms with E-state index in [4.69, 9.17) is 5.11 Å². The largest absolute Gasteiger partial charge is 0.481 e. The van der Waals surface area contributed by atoms with Crippen LogP contribution < -0.4 is 5.32 Å². The number of carbonyl (C=O) groups is 2. The van der Waals surface area contributed by atoms with Gasteiger partial charge in [0.15, 0.2) is 0 Å². The van der Waals surface area contributed by atoms with Crippen molar-refractivity contribution in [3.63, 3.8) is 0 Å². The Balaban J connectivity index is 2.18. The topological polar surface area (TPSA) is 66.4 Å². The van der Waals surface area contributed by atoms with Crippen LogP contribution in [-0.4, -0.2) is 17.0 Å². The summed E-state index contributed by atoms with van der Waals surface area (Å²) in [4.78, 5) is 22.9. The second-order valence-electron chi connectivity index (χ2n) is 5.20. The number of amides is 1. The Kier molecular flexibility index (Phi) is 3.04. The zero-order valence-corrected chi connectivity index (χ0v) is 10.4. The molecular formula is C13H13F2NO3. The van der Waals surface area contributed by atoms with E-state index in [1.807, 2.05) is 0 Å². The first-order valence-electron chi connectivity index (χ1n) is 5.74. The lowest BCUT2D eigenvalue weighted by Crippen LogP contribution is -2.19. The number of hydrogen-bond donors (Lipinski definition) is 2. The van der Waals surface area contributed by atoms with Crippen molar-refractivity contribution in [1.29, 1.82) is 0 Å². The highest BCUT2D eigenvalue weighted by Crippen LogP contribution is 2.58. The first-order valence-corrected chi connectivity index (χ1v) is 5.74. The van der Waals surface area contributed by atoms with Gasteiger partial charge < -0.3 is 10.4 Å². The van der Waals surface area contributed by atoms with Gasteiger partial charge in [0.1, 0.15) is 17.3 Å². The average Bonchev–Trinajstić information content (AvgIpc) is 2.87. The third-order valence-electron chi connectivity index (χ3n) is 3.59. The zero-order chi connectivity index (χ0) is 14.4. The summed E-state index contributed by atoms with van der Waals surface area (Å²) >= 11 is 0. The molecule has 19 heavy (non-hydrogen) atoms. The molecule has 0 bridgehead atoms. The summed E-state index contributed by atoms with van der Waals surface area (Å²) in [5.74, 6) is -5.16. The molecule has 2 atom stereocenters. The van der Waals surface area contributed by atoms with Gasteiger partial charge in [-0.3, -0.25) is 9.59 Å². The van der Waals surface area contributed by atoms with Crippen LogP contribution in [0.3, 0.4) is 0 Å². The van der Waals surface area contributed by atoms with Crippen LogP contribution in [0.2, 0.25) is 0 Å². The van der Waals surface area contributed by atoms with Gasteiger partial charge in [0, 0.05) is 0 Å². The molecule has 0 aliphatic heterocycles. The summed E-state index contributed by atoms with van der Waals surface area (Å²) in [6.45, 7) is 3.27. The van der Waals surface area contributed by atoms with Crippen LogP contribution in [0.1, 0.15) is 13.8 Å². The maximum Gasteiger partial charge on any atom is 0.307 e. The SMILES string of the molecule is CC1(C)[C@H](C(=O)O)[C@@H]1C(=O)Nc1c(F)cccc1F. The summed E-state index contributed by atoms with van der Waals surface area (Å²) in [5, 5.41) is 11.1. The minimum atomic E-state index is -1.08. The number of anilines is 1. The van der Waals surface area contributed by atoms with Crippen molar-refractivity contribution in [2.75, 3.05) is 5.32 Å². The second-order valence-corrected chi connectivity index (χ2v) is 5.20. The number of carbonyl (C=O) groups excluding carboxylic acids is 1. The monoisotopic (exact) mass is 269 g/mol. The number of rotatable bonds is 3. The van der Waals surface area contributed by atoms with Crippen molar-refractivity contribution in [3.8, 4) is 0 Å². The first kappa shape index (κ1) is 13.5. The van der Waals surface area contributed by atoms with E-state index in [0.717, 1.165) is 12.1 Å². The molecule has 0 radical (unpaired) electrons. The molecule has 2 rings (SSSR count). The van der Waals surface area contributed by atoms with Crippen molar-refractivity contribution in [2.45, 2.75) is 13.8 Å². The van der Waals surface area contributed by atoms with Crippen LogP contribution in [0.25, 0.3) is 0 Å². The van der Waals surface area contributed by atoms with Crippen LogP contribution in [0, 0.1) is 28.9 Å². The lowest BCUT2D eigenvalue weighted by molar-refractivity contribution is -0.140. The number of carboxylic acids is 1. The predicted octanol–water partition coefficient (Wildman–Crippen LogP) is 2.26. The van der Waals surface area contributed by atoms with E-state index >= 15 is 0 Å². The molecule has 1 aliphatic carbocycles. The summed E-state index contributed by atoms with van der Waals surface area (Å²) in [6.07, 6.45) is 0. The predicted molar refractivity (Wildman–Crippen MR) is 63.4 cm³/mol. The molecule has 1 aliphatic rings. The van der Waals surface area contributed by atoms with Gasteiger partial charge in [0.05, 0.1) is 11.8 Å². The molecule has 1 amide bonds. The highest BCUT2D eigenvalue weighted by atomic mass is 19.1. The normalized spacial score (nSPS) is 23.8. The van der Waals surface area contributed by atoms with Crippen LogP contribution in [0.15, 0.2) is 18.2 Å². The quantitative estimate of drug-likeness (QED) is 0.884. The second kappa shape index (κ2) is 4.29. The molecule has 6 heteroatoms. The third-order valence-corrected chi connectivity index (χ3v) is 3.59. The highest BCUT2D eigenvalue weighted by Gasteiger charge is 2.65. The van der Waals surface area contributed by atoms with Gasteiger partial charge in [0.25, 0.3) is 0 Å². The Hall–Kier alpha value is -1.98. The molecule has 2 N–H and O–H groups in total. The number of aliphatic carboxylic acids is 1. The Morgan fingerprint density at radius 3 is 2.16 bits per heavy atom. The van der Waals surface area contributed by atoms with Crippen molar-refractivity contribution < 1.29 is 23.5 Å². The van der Waals surface area contributed by atoms with Gasteiger partial charge in [-0.1, -0.05) is 19.9 Å². The third kappa shape index (κ3) is 2.18. The minimum absolute atomic E-state index is 0.542. The standard InChI is InChI=1S/C13H13F2NO3/c1-13(2)8(9(13)12(18)19)11(17)16-10-6(14)4-3-5-7(10)15/h3-5,8-9H,1-2H3,(H,16,17)(H,18,19)/t8-,9+/m1/s1. The van der Waals surface area contributed by atoms with Gasteiger partial charge in [-0.2, -0.15) is 0 Å². The van der Waals surface area contributed by atoms with Crippen LogP contribution in [-0.2, 0) is 9.59 Å². The van der Waals surface area contributed by atoms with Crippen molar-refractivity contribution >= 4 is 17.6 Å². The van der Waals surface area contributed by atoms with Crippen LogP contribution in [0.4, 0.5) is 14.5 Å².